The molecule has 0 spiro atoms. The second-order valence-corrected chi connectivity index (χ2v) is 5.36. The highest BCUT2D eigenvalue weighted by atomic mass is 16.5. The number of aryl methyl sites for hydroxylation is 1. The molecule has 0 fully saturated rings. The second-order valence-electron chi connectivity index (χ2n) is 5.36. The minimum atomic E-state index is -0.413. The lowest BCUT2D eigenvalue weighted by atomic mass is 10.1. The summed E-state index contributed by atoms with van der Waals surface area (Å²) in [5.41, 5.74) is 2.69. The summed E-state index contributed by atoms with van der Waals surface area (Å²) in [6.45, 7) is 2.33. The Morgan fingerprint density at radius 3 is 2.64 bits per heavy atom. The number of benzene rings is 1. The molecule has 128 valence electrons. The molecule has 1 aromatic heterocycles. The largest absolute Gasteiger partial charge is 0.497 e. The molecule has 25 heavy (non-hydrogen) atoms. The molecule has 2 N–H and O–H groups in total. The quantitative estimate of drug-likeness (QED) is 0.599. The van der Waals surface area contributed by atoms with Crippen LogP contribution in [-0.2, 0) is 11.2 Å². The van der Waals surface area contributed by atoms with Crippen LogP contribution >= 0.6 is 0 Å². The topological polar surface area (TPSA) is 87.0 Å². The van der Waals surface area contributed by atoms with E-state index in [0.717, 1.165) is 17.0 Å². The van der Waals surface area contributed by atoms with Gasteiger partial charge in [-0.25, -0.2) is 0 Å². The molecular formula is C19H20N4O2. The van der Waals surface area contributed by atoms with Gasteiger partial charge in [0, 0.05) is 18.4 Å². The van der Waals surface area contributed by atoms with Crippen molar-refractivity contribution < 1.29 is 9.53 Å². The van der Waals surface area contributed by atoms with Crippen molar-refractivity contribution in [2.45, 2.75) is 13.3 Å². The van der Waals surface area contributed by atoms with Gasteiger partial charge in [0.25, 0.3) is 5.91 Å². The highest BCUT2D eigenvalue weighted by Gasteiger charge is 2.08. The Morgan fingerprint density at radius 2 is 2.04 bits per heavy atom. The number of amides is 1. The number of carbonyl (C=O) groups excluding carboxylic acids is 1. The number of methoxy groups -OCH3 is 1. The number of anilines is 1. The smallest absolute Gasteiger partial charge is 0.263 e. The number of nitrogens with zero attached hydrogens (tertiary/aromatic N) is 2. The molecule has 2 rings (SSSR count). The molecular weight excluding hydrogens is 316 g/mol. The molecule has 1 amide bonds. The van der Waals surface area contributed by atoms with Gasteiger partial charge < -0.3 is 15.4 Å². The first-order chi connectivity index (χ1) is 12.1. The zero-order chi connectivity index (χ0) is 18.1. The molecule has 0 radical (unpaired) electrons. The molecule has 1 heterocycles. The number of aromatic nitrogens is 1. The van der Waals surface area contributed by atoms with Gasteiger partial charge in [0.2, 0.25) is 0 Å². The van der Waals surface area contributed by atoms with Gasteiger partial charge in [-0.05, 0) is 43.2 Å². The van der Waals surface area contributed by atoms with E-state index in [2.05, 4.69) is 15.6 Å². The Kier molecular flexibility index (Phi) is 6.55. The zero-order valence-electron chi connectivity index (χ0n) is 14.2. The van der Waals surface area contributed by atoms with Gasteiger partial charge >= 0.3 is 0 Å². The first kappa shape index (κ1) is 18.0. The maximum Gasteiger partial charge on any atom is 0.263 e. The van der Waals surface area contributed by atoms with Crippen molar-refractivity contribution in [3.8, 4) is 11.8 Å². The van der Waals surface area contributed by atoms with Crippen LogP contribution < -0.4 is 15.4 Å². The van der Waals surface area contributed by atoms with Crippen LogP contribution in [0, 0.1) is 18.3 Å². The van der Waals surface area contributed by atoms with Crippen molar-refractivity contribution in [2.24, 2.45) is 0 Å². The van der Waals surface area contributed by atoms with E-state index in [4.69, 9.17) is 10.00 Å². The van der Waals surface area contributed by atoms with Crippen LogP contribution in [0.15, 0.2) is 54.4 Å². The van der Waals surface area contributed by atoms with Gasteiger partial charge in [0.05, 0.1) is 19.0 Å². The highest BCUT2D eigenvalue weighted by molar-refractivity contribution is 5.97. The van der Waals surface area contributed by atoms with Crippen LogP contribution in [0.4, 0.5) is 5.69 Å². The fourth-order valence-corrected chi connectivity index (χ4v) is 2.07. The third kappa shape index (κ3) is 5.66. The maximum atomic E-state index is 12.1. The van der Waals surface area contributed by atoms with Gasteiger partial charge in [0.1, 0.15) is 17.4 Å². The van der Waals surface area contributed by atoms with E-state index in [1.54, 1.807) is 13.3 Å². The lowest BCUT2D eigenvalue weighted by Crippen LogP contribution is -2.27. The maximum absolute atomic E-state index is 12.1. The fourth-order valence-electron chi connectivity index (χ4n) is 2.07. The van der Waals surface area contributed by atoms with E-state index in [1.165, 1.54) is 6.20 Å². The molecule has 0 bridgehead atoms. The number of ether oxygens (including phenoxy) is 1. The third-order valence-electron chi connectivity index (χ3n) is 3.52. The molecule has 0 saturated carbocycles. The minimum absolute atomic E-state index is 0.00954. The predicted octanol–water partition coefficient (Wildman–Crippen LogP) is 2.58. The number of hydrogen-bond acceptors (Lipinski definition) is 5. The Morgan fingerprint density at radius 1 is 1.28 bits per heavy atom. The van der Waals surface area contributed by atoms with Crippen molar-refractivity contribution >= 4 is 11.6 Å². The van der Waals surface area contributed by atoms with Crippen molar-refractivity contribution in [2.75, 3.05) is 19.0 Å². The van der Waals surface area contributed by atoms with Gasteiger partial charge in [-0.3, -0.25) is 9.78 Å². The normalized spacial score (nSPS) is 10.7. The molecule has 1 aromatic carbocycles. The molecule has 0 aliphatic heterocycles. The number of carbonyl (C=O) groups is 1. The van der Waals surface area contributed by atoms with Crippen molar-refractivity contribution in [3.05, 3.63) is 65.6 Å². The first-order valence-electron chi connectivity index (χ1n) is 7.83. The monoisotopic (exact) mass is 336 g/mol. The van der Waals surface area contributed by atoms with E-state index in [0.29, 0.717) is 18.7 Å². The van der Waals surface area contributed by atoms with Crippen LogP contribution in [-0.4, -0.2) is 24.5 Å². The average molecular weight is 336 g/mol. The average Bonchev–Trinajstić information content (AvgIpc) is 2.64. The standard InChI is InChI=1S/C19H20N4O2/c1-14-3-6-17(13-22-14)23-12-16(11-20)19(24)21-10-9-15-4-7-18(25-2)8-5-15/h3-8,12-13,23H,9-10H2,1-2H3,(H,21,24)/b16-12-. The molecule has 0 unspecified atom stereocenters. The molecule has 6 heteroatoms. The Balaban J connectivity index is 1.85. The lowest BCUT2D eigenvalue weighted by Gasteiger charge is -2.06. The number of hydrogen-bond donors (Lipinski definition) is 2. The van der Waals surface area contributed by atoms with Crippen LogP contribution in [0.2, 0.25) is 0 Å². The lowest BCUT2D eigenvalue weighted by molar-refractivity contribution is -0.117. The molecule has 0 atom stereocenters. The first-order valence-corrected chi connectivity index (χ1v) is 7.83. The summed E-state index contributed by atoms with van der Waals surface area (Å²) in [5.74, 6) is 0.378. The summed E-state index contributed by atoms with van der Waals surface area (Å²) in [6.07, 6.45) is 3.70. The van der Waals surface area contributed by atoms with Crippen molar-refractivity contribution in [3.63, 3.8) is 0 Å². The third-order valence-corrected chi connectivity index (χ3v) is 3.52. The second kappa shape index (κ2) is 9.08. The molecule has 2 aromatic rings. The van der Waals surface area contributed by atoms with Crippen molar-refractivity contribution in [1.82, 2.24) is 10.3 Å². The highest BCUT2D eigenvalue weighted by Crippen LogP contribution is 2.11. The number of nitrogens with one attached hydrogen (secondary N) is 2. The minimum Gasteiger partial charge on any atom is -0.497 e. The van der Waals surface area contributed by atoms with Gasteiger partial charge in [-0.15, -0.1) is 0 Å². The van der Waals surface area contributed by atoms with Crippen molar-refractivity contribution in [1.29, 1.82) is 5.26 Å². The summed E-state index contributed by atoms with van der Waals surface area (Å²) in [7, 11) is 1.62. The summed E-state index contributed by atoms with van der Waals surface area (Å²) < 4.78 is 5.10. The van der Waals surface area contributed by atoms with Gasteiger partial charge in [-0.1, -0.05) is 12.1 Å². The summed E-state index contributed by atoms with van der Waals surface area (Å²) in [5, 5.41) is 14.8. The van der Waals surface area contributed by atoms with E-state index >= 15 is 0 Å². The molecule has 6 nitrogen and oxygen atoms in total. The van der Waals surface area contributed by atoms with E-state index in [1.807, 2.05) is 49.4 Å². The summed E-state index contributed by atoms with van der Waals surface area (Å²) >= 11 is 0. The summed E-state index contributed by atoms with van der Waals surface area (Å²) in [6, 6.07) is 13.2. The SMILES string of the molecule is COc1ccc(CCNC(=O)/C(C#N)=C\Nc2ccc(C)nc2)cc1. The Labute approximate surface area is 147 Å². The summed E-state index contributed by atoms with van der Waals surface area (Å²) in [4.78, 5) is 16.2. The zero-order valence-corrected chi connectivity index (χ0v) is 14.2. The molecule has 0 saturated heterocycles. The van der Waals surface area contributed by atoms with E-state index in [9.17, 15) is 4.79 Å². The molecule has 0 aliphatic carbocycles. The van der Waals surface area contributed by atoms with Crippen LogP contribution in [0.1, 0.15) is 11.3 Å². The number of pyridine rings is 1. The Hall–Kier alpha value is -3.33. The van der Waals surface area contributed by atoms with Crippen LogP contribution in [0.5, 0.6) is 5.75 Å². The molecule has 0 aliphatic rings. The Bertz CT molecular complexity index is 775. The van der Waals surface area contributed by atoms with Crippen LogP contribution in [0.25, 0.3) is 0 Å². The number of rotatable bonds is 7. The van der Waals surface area contributed by atoms with E-state index in [-0.39, 0.29) is 5.57 Å². The van der Waals surface area contributed by atoms with Crippen LogP contribution in [0.3, 0.4) is 0 Å². The van der Waals surface area contributed by atoms with Gasteiger partial charge in [-0.2, -0.15) is 5.26 Å². The number of nitriles is 1. The van der Waals surface area contributed by atoms with Gasteiger partial charge in [0.15, 0.2) is 0 Å². The predicted molar refractivity (Wildman–Crippen MR) is 96.0 cm³/mol. The fraction of sp³-hybridized carbons (Fsp3) is 0.211. The van der Waals surface area contributed by atoms with E-state index < -0.39 is 5.91 Å².